The zero-order chi connectivity index (χ0) is 15.8. The second-order valence-electron chi connectivity index (χ2n) is 5.85. The van der Waals surface area contributed by atoms with Gasteiger partial charge in [0.05, 0.1) is 6.61 Å². The van der Waals surface area contributed by atoms with Crippen molar-refractivity contribution in [2.75, 3.05) is 6.61 Å². The number of rotatable bonds is 16. The summed E-state index contributed by atoms with van der Waals surface area (Å²) in [5, 5.41) is 0. The van der Waals surface area contributed by atoms with Crippen molar-refractivity contribution in [3.05, 3.63) is 0 Å². The average Bonchev–Trinajstić information content (AvgIpc) is 2.42. The number of unbranched alkanes of at least 4 members (excludes halogenated alkanes) is 13. The first kappa shape index (κ1) is 28.4. The van der Waals surface area contributed by atoms with Crippen molar-refractivity contribution in [3.8, 4) is 0 Å². The van der Waals surface area contributed by atoms with Gasteiger partial charge in [-0.25, -0.2) is 4.18 Å². The average molecular weight is 367 g/mol. The first-order chi connectivity index (χ1) is 10.1. The molecule has 0 unspecified atom stereocenters. The molecule has 0 aliphatic rings. The molecule has 0 fully saturated rings. The standard InChI is InChI=1S/C16H34O4S.Mg.H2O.2H/c1-2-3-4-5-6-7-8-9-10-11-12-13-14-15-16-20-21(17,18)19;;;;/h2-16H2,1H3,(H,17,18,19);;1H2;;/q;+2;;2*-1. The van der Waals surface area contributed by atoms with Crippen molar-refractivity contribution in [2.24, 2.45) is 0 Å². The molecule has 0 aliphatic heterocycles. The van der Waals surface area contributed by atoms with Crippen LogP contribution in [0, 0.1) is 0 Å². The number of hydrogen-bond acceptors (Lipinski definition) is 3. The molecule has 0 aromatic rings. The van der Waals surface area contributed by atoms with E-state index in [1.807, 2.05) is 0 Å². The van der Waals surface area contributed by atoms with Crippen LogP contribution in [0.25, 0.3) is 0 Å². The largest absolute Gasteiger partial charge is 2.00 e. The molecule has 23 heavy (non-hydrogen) atoms. The first-order valence-corrected chi connectivity index (χ1v) is 10.0. The van der Waals surface area contributed by atoms with E-state index in [1.54, 1.807) is 0 Å². The Balaban J connectivity index is -0.000000333. The van der Waals surface area contributed by atoms with Crippen molar-refractivity contribution >= 4 is 33.5 Å². The molecule has 0 radical (unpaired) electrons. The van der Waals surface area contributed by atoms with Crippen LogP contribution in [-0.2, 0) is 14.6 Å². The van der Waals surface area contributed by atoms with Gasteiger partial charge in [0.1, 0.15) is 0 Å². The molecule has 140 valence electrons. The Hall–Kier alpha value is 0.596. The van der Waals surface area contributed by atoms with Crippen LogP contribution in [0.15, 0.2) is 0 Å². The van der Waals surface area contributed by atoms with E-state index in [0.29, 0.717) is 6.42 Å². The Morgan fingerprint density at radius 3 is 1.35 bits per heavy atom. The second-order valence-corrected chi connectivity index (χ2v) is 6.94. The van der Waals surface area contributed by atoms with Gasteiger partial charge >= 0.3 is 33.5 Å². The molecule has 3 N–H and O–H groups in total. The summed E-state index contributed by atoms with van der Waals surface area (Å²) in [5.41, 5.74) is 0. The maximum Gasteiger partial charge on any atom is 2.00 e. The minimum atomic E-state index is -4.24. The van der Waals surface area contributed by atoms with E-state index in [2.05, 4.69) is 11.1 Å². The third-order valence-corrected chi connectivity index (χ3v) is 4.19. The summed E-state index contributed by atoms with van der Waals surface area (Å²) >= 11 is 0. The Kier molecular flexibility index (Phi) is 25.5. The summed E-state index contributed by atoms with van der Waals surface area (Å²) < 4.78 is 33.2. The molecule has 0 rings (SSSR count). The zero-order valence-corrected chi connectivity index (χ0v) is 17.1. The molecule has 0 spiro atoms. The molecule has 0 aromatic carbocycles. The van der Waals surface area contributed by atoms with Gasteiger partial charge in [0.25, 0.3) is 0 Å². The topological polar surface area (TPSA) is 95.1 Å². The maximum atomic E-state index is 10.3. The van der Waals surface area contributed by atoms with Crippen LogP contribution in [-0.4, -0.2) is 48.1 Å². The molecule has 0 aliphatic carbocycles. The molecule has 0 bridgehead atoms. The van der Waals surface area contributed by atoms with Crippen LogP contribution in [0.1, 0.15) is 99.7 Å². The summed E-state index contributed by atoms with van der Waals surface area (Å²) in [6.45, 7) is 2.35. The van der Waals surface area contributed by atoms with Crippen molar-refractivity contribution < 1.29 is 25.5 Å². The van der Waals surface area contributed by atoms with E-state index in [1.165, 1.54) is 70.6 Å². The van der Waals surface area contributed by atoms with E-state index in [9.17, 15) is 8.42 Å². The summed E-state index contributed by atoms with van der Waals surface area (Å²) in [7, 11) is -4.24. The third kappa shape index (κ3) is 27.7. The Bertz CT molecular complexity index is 320. The molecule has 7 heteroatoms. The van der Waals surface area contributed by atoms with Gasteiger partial charge in [-0.1, -0.05) is 90.4 Å². The number of hydrogen-bond donors (Lipinski definition) is 1. The fraction of sp³-hybridized carbons (Fsp3) is 1.00. The van der Waals surface area contributed by atoms with Crippen LogP contribution in [0.3, 0.4) is 0 Å². The van der Waals surface area contributed by atoms with Gasteiger partial charge in [-0.2, -0.15) is 8.42 Å². The van der Waals surface area contributed by atoms with Gasteiger partial charge in [-0.3, -0.25) is 4.55 Å². The van der Waals surface area contributed by atoms with E-state index in [4.69, 9.17) is 4.55 Å². The van der Waals surface area contributed by atoms with Gasteiger partial charge in [0, 0.05) is 0 Å². The second kappa shape index (κ2) is 20.6. The summed E-state index contributed by atoms with van der Waals surface area (Å²) in [6.07, 6.45) is 17.6. The van der Waals surface area contributed by atoms with Crippen LogP contribution in [0.5, 0.6) is 0 Å². The summed E-state index contributed by atoms with van der Waals surface area (Å²) in [6, 6.07) is 0. The molecule has 0 atom stereocenters. The van der Waals surface area contributed by atoms with Crippen LogP contribution in [0.2, 0.25) is 0 Å². The molecule has 0 aromatic heterocycles. The fourth-order valence-corrected chi connectivity index (χ4v) is 2.79. The molecule has 5 nitrogen and oxygen atoms in total. The van der Waals surface area contributed by atoms with Gasteiger partial charge in [0.2, 0.25) is 0 Å². The Labute approximate surface area is 162 Å². The molecule has 0 saturated carbocycles. The van der Waals surface area contributed by atoms with Gasteiger partial charge in [-0.15, -0.1) is 0 Å². The molecule has 0 heterocycles. The predicted octanol–water partition coefficient (Wildman–Crippen LogP) is 4.31. The SMILES string of the molecule is CCCCCCCCCCCCCCCCOS(=O)(=O)O.O.[H-].[H-].[Mg+2]. The fourth-order valence-electron chi connectivity index (χ4n) is 2.46. The summed E-state index contributed by atoms with van der Waals surface area (Å²) in [5.74, 6) is 0. The zero-order valence-electron chi connectivity index (χ0n) is 16.9. The molecular formula is C16H38MgO5S. The van der Waals surface area contributed by atoms with Crippen LogP contribution >= 0.6 is 0 Å². The summed E-state index contributed by atoms with van der Waals surface area (Å²) in [4.78, 5) is 0. The van der Waals surface area contributed by atoms with E-state index in [0.717, 1.165) is 12.8 Å². The minimum absolute atomic E-state index is 0. The van der Waals surface area contributed by atoms with Crippen molar-refractivity contribution in [3.63, 3.8) is 0 Å². The van der Waals surface area contributed by atoms with Crippen LogP contribution in [0.4, 0.5) is 0 Å². The van der Waals surface area contributed by atoms with Crippen molar-refractivity contribution in [1.82, 2.24) is 0 Å². The Morgan fingerprint density at radius 2 is 1.04 bits per heavy atom. The normalized spacial score (nSPS) is 10.9. The van der Waals surface area contributed by atoms with Gasteiger partial charge in [0.15, 0.2) is 0 Å². The Morgan fingerprint density at radius 1 is 0.739 bits per heavy atom. The van der Waals surface area contributed by atoms with Gasteiger partial charge < -0.3 is 8.33 Å². The maximum absolute atomic E-state index is 10.3. The predicted molar refractivity (Wildman–Crippen MR) is 99.4 cm³/mol. The van der Waals surface area contributed by atoms with E-state index >= 15 is 0 Å². The first-order valence-electron chi connectivity index (χ1n) is 8.68. The van der Waals surface area contributed by atoms with E-state index < -0.39 is 10.4 Å². The molecular weight excluding hydrogens is 329 g/mol. The van der Waals surface area contributed by atoms with Crippen molar-refractivity contribution in [2.45, 2.75) is 96.8 Å². The van der Waals surface area contributed by atoms with Crippen LogP contribution < -0.4 is 0 Å². The minimum Gasteiger partial charge on any atom is -1.00 e. The monoisotopic (exact) mass is 366 g/mol. The quantitative estimate of drug-likeness (QED) is 0.250. The molecule has 0 saturated heterocycles. The molecule has 0 amide bonds. The van der Waals surface area contributed by atoms with Crippen molar-refractivity contribution in [1.29, 1.82) is 0 Å². The van der Waals surface area contributed by atoms with E-state index in [-0.39, 0.29) is 38.0 Å². The van der Waals surface area contributed by atoms with Gasteiger partial charge in [-0.05, 0) is 6.42 Å². The smallest absolute Gasteiger partial charge is 1.00 e. The third-order valence-electron chi connectivity index (χ3n) is 3.73.